The van der Waals surface area contributed by atoms with Gasteiger partial charge in [0.2, 0.25) is 0 Å². The van der Waals surface area contributed by atoms with E-state index in [1.165, 1.54) is 24.0 Å². The number of piperazine rings is 1. The van der Waals surface area contributed by atoms with Gasteiger partial charge in [-0.05, 0) is 82.2 Å². The van der Waals surface area contributed by atoms with E-state index in [0.29, 0.717) is 24.2 Å². The van der Waals surface area contributed by atoms with Gasteiger partial charge >= 0.3 is 6.03 Å². The average Bonchev–Trinajstić information content (AvgIpc) is 2.81. The Hall–Kier alpha value is -1.79. The summed E-state index contributed by atoms with van der Waals surface area (Å²) in [5.74, 6) is 0.967. The van der Waals surface area contributed by atoms with Crippen molar-refractivity contribution in [1.82, 2.24) is 20.0 Å². The molecule has 1 unspecified atom stereocenters. The summed E-state index contributed by atoms with van der Waals surface area (Å²) < 4.78 is 5.48. The Morgan fingerprint density at radius 1 is 1.06 bits per heavy atom. The molecular weight excluding hydrogens is 400 g/mol. The van der Waals surface area contributed by atoms with Gasteiger partial charge in [-0.25, -0.2) is 4.79 Å². The molecule has 0 aromatic heterocycles. The molecule has 0 spiro atoms. The topological polar surface area (TPSA) is 48.0 Å². The van der Waals surface area contributed by atoms with Gasteiger partial charge in [0.1, 0.15) is 5.75 Å². The predicted molar refractivity (Wildman–Crippen MR) is 129 cm³/mol. The molecule has 2 aliphatic heterocycles. The van der Waals surface area contributed by atoms with Gasteiger partial charge in [-0.1, -0.05) is 13.0 Å². The van der Waals surface area contributed by atoms with E-state index in [9.17, 15) is 4.79 Å². The van der Waals surface area contributed by atoms with Crippen molar-refractivity contribution in [1.29, 1.82) is 0 Å². The molecule has 0 radical (unpaired) electrons. The van der Waals surface area contributed by atoms with E-state index in [1.807, 2.05) is 0 Å². The Bertz CT molecular complexity index is 767. The molecule has 2 saturated heterocycles. The minimum atomic E-state index is 0.240. The van der Waals surface area contributed by atoms with Crippen molar-refractivity contribution >= 4 is 6.03 Å². The van der Waals surface area contributed by atoms with Gasteiger partial charge < -0.3 is 19.9 Å². The fourth-order valence-corrected chi connectivity index (χ4v) is 6.12. The number of fused-ring (bicyclic) bond motifs is 1. The zero-order valence-corrected chi connectivity index (χ0v) is 20.5. The second-order valence-corrected chi connectivity index (χ2v) is 10.1. The van der Waals surface area contributed by atoms with E-state index in [1.54, 1.807) is 7.11 Å². The van der Waals surface area contributed by atoms with Crippen LogP contribution >= 0.6 is 0 Å². The van der Waals surface area contributed by atoms with Crippen LogP contribution in [0.3, 0.4) is 0 Å². The van der Waals surface area contributed by atoms with Gasteiger partial charge in [0.15, 0.2) is 0 Å². The Labute approximate surface area is 194 Å². The number of methoxy groups -OCH3 is 1. The highest BCUT2D eigenvalue weighted by Crippen LogP contribution is 2.31. The van der Waals surface area contributed by atoms with E-state index >= 15 is 0 Å². The van der Waals surface area contributed by atoms with Crippen molar-refractivity contribution in [3.63, 3.8) is 0 Å². The summed E-state index contributed by atoms with van der Waals surface area (Å²) in [4.78, 5) is 20.1. The number of urea groups is 1. The number of benzene rings is 1. The number of carbonyl (C=O) groups excluding carboxylic acids is 1. The third-order valence-corrected chi connectivity index (χ3v) is 7.60. The molecule has 0 bridgehead atoms. The third kappa shape index (κ3) is 5.23. The number of likely N-dealkylation sites (tertiary alicyclic amines) is 1. The fraction of sp³-hybridized carbons (Fsp3) is 0.731. The Balaban J connectivity index is 1.37. The van der Waals surface area contributed by atoms with Crippen LogP contribution in [0, 0.1) is 0 Å². The summed E-state index contributed by atoms with van der Waals surface area (Å²) in [7, 11) is 1.75. The summed E-state index contributed by atoms with van der Waals surface area (Å²) in [5.41, 5.74) is 2.94. The maximum atomic E-state index is 13.1. The van der Waals surface area contributed by atoms with Crippen LogP contribution in [0.4, 0.5) is 4.79 Å². The summed E-state index contributed by atoms with van der Waals surface area (Å²) in [6, 6.07) is 8.73. The highest BCUT2D eigenvalue weighted by atomic mass is 16.5. The van der Waals surface area contributed by atoms with Crippen LogP contribution < -0.4 is 10.1 Å². The molecule has 1 N–H and O–H groups in total. The van der Waals surface area contributed by atoms with Crippen LogP contribution in [-0.4, -0.2) is 84.7 Å². The molecule has 0 saturated carbocycles. The number of nitrogens with one attached hydrogen (secondary N) is 1. The predicted octanol–water partition coefficient (Wildman–Crippen LogP) is 3.53. The van der Waals surface area contributed by atoms with Crippen molar-refractivity contribution in [2.75, 3.05) is 39.8 Å². The molecule has 4 rings (SSSR count). The summed E-state index contributed by atoms with van der Waals surface area (Å²) in [6.07, 6.45) is 6.85. The quantitative estimate of drug-likeness (QED) is 0.758. The summed E-state index contributed by atoms with van der Waals surface area (Å²) >= 11 is 0. The zero-order chi connectivity index (χ0) is 22.7. The molecule has 2 heterocycles. The molecule has 32 heavy (non-hydrogen) atoms. The maximum absolute atomic E-state index is 13.1. The molecule has 1 aromatic carbocycles. The van der Waals surface area contributed by atoms with Crippen molar-refractivity contribution in [3.8, 4) is 5.75 Å². The Kier molecular flexibility index (Phi) is 7.62. The normalized spacial score (nSPS) is 26.8. The van der Waals surface area contributed by atoms with Gasteiger partial charge in [-0.15, -0.1) is 0 Å². The largest absolute Gasteiger partial charge is 0.497 e. The van der Waals surface area contributed by atoms with Gasteiger partial charge in [0.25, 0.3) is 0 Å². The molecule has 1 aliphatic carbocycles. The highest BCUT2D eigenvalue weighted by molar-refractivity contribution is 5.74. The first-order valence-corrected chi connectivity index (χ1v) is 12.7. The number of rotatable bonds is 5. The van der Waals surface area contributed by atoms with Crippen molar-refractivity contribution in [2.24, 2.45) is 0 Å². The fourth-order valence-electron chi connectivity index (χ4n) is 6.12. The first kappa shape index (κ1) is 23.4. The molecule has 3 aliphatic rings. The summed E-state index contributed by atoms with van der Waals surface area (Å²) in [5, 5.41) is 3.53. The molecule has 2 fully saturated rings. The van der Waals surface area contributed by atoms with Crippen molar-refractivity contribution in [2.45, 2.75) is 83.5 Å². The molecule has 2 amide bonds. The lowest BCUT2D eigenvalue weighted by Gasteiger charge is -2.45. The second kappa shape index (κ2) is 10.4. The van der Waals surface area contributed by atoms with Crippen LogP contribution in [0.15, 0.2) is 18.2 Å². The SMILES string of the molecule is CCCN(C1CCN(C(=O)N2C[C@@H](C)N[C@@H](C)C2)CC1)C1CCc2ccc(OC)cc2C1. The number of hydrogen-bond donors (Lipinski definition) is 1. The number of aryl methyl sites for hydroxylation is 1. The lowest BCUT2D eigenvalue weighted by atomic mass is 9.86. The lowest BCUT2D eigenvalue weighted by molar-refractivity contribution is 0.0638. The molecule has 3 atom stereocenters. The van der Waals surface area contributed by atoms with Crippen LogP contribution in [0.2, 0.25) is 0 Å². The van der Waals surface area contributed by atoms with Crippen molar-refractivity contribution in [3.05, 3.63) is 29.3 Å². The van der Waals surface area contributed by atoms with Crippen LogP contribution in [0.1, 0.15) is 57.6 Å². The second-order valence-electron chi connectivity index (χ2n) is 10.1. The Morgan fingerprint density at radius 2 is 1.78 bits per heavy atom. The first-order chi connectivity index (χ1) is 15.5. The van der Waals surface area contributed by atoms with Gasteiger partial charge in [0.05, 0.1) is 7.11 Å². The number of nitrogens with zero attached hydrogens (tertiary/aromatic N) is 3. The molecule has 178 valence electrons. The maximum Gasteiger partial charge on any atom is 0.320 e. The minimum absolute atomic E-state index is 0.240. The van der Waals surface area contributed by atoms with Gasteiger partial charge in [-0.2, -0.15) is 0 Å². The van der Waals surface area contributed by atoms with Gasteiger partial charge in [0, 0.05) is 50.3 Å². The van der Waals surface area contributed by atoms with E-state index in [0.717, 1.165) is 64.2 Å². The minimum Gasteiger partial charge on any atom is -0.497 e. The number of ether oxygens (including phenoxy) is 1. The third-order valence-electron chi connectivity index (χ3n) is 7.60. The number of amides is 2. The Morgan fingerprint density at radius 3 is 2.44 bits per heavy atom. The lowest BCUT2D eigenvalue weighted by Crippen LogP contribution is -2.60. The standard InChI is InChI=1S/C26H42N4O2/c1-5-12-30(24-8-6-21-7-9-25(32-4)16-22(21)15-24)23-10-13-28(14-11-23)26(31)29-17-19(2)27-20(3)18-29/h7,9,16,19-20,23-24,27H,5-6,8,10-15,17-18H2,1-4H3/t19-,20+,24?. The highest BCUT2D eigenvalue weighted by Gasteiger charge is 2.34. The molecular formula is C26H42N4O2. The van der Waals surface area contributed by atoms with E-state index in [-0.39, 0.29) is 6.03 Å². The van der Waals surface area contributed by atoms with Gasteiger partial charge in [-0.3, -0.25) is 4.90 Å². The molecule has 1 aromatic rings. The van der Waals surface area contributed by atoms with Crippen LogP contribution in [-0.2, 0) is 12.8 Å². The smallest absolute Gasteiger partial charge is 0.320 e. The van der Waals surface area contributed by atoms with E-state index in [2.05, 4.69) is 59.0 Å². The number of hydrogen-bond acceptors (Lipinski definition) is 4. The molecule has 6 nitrogen and oxygen atoms in total. The van der Waals surface area contributed by atoms with Crippen LogP contribution in [0.25, 0.3) is 0 Å². The zero-order valence-electron chi connectivity index (χ0n) is 20.5. The average molecular weight is 443 g/mol. The van der Waals surface area contributed by atoms with Crippen molar-refractivity contribution < 1.29 is 9.53 Å². The monoisotopic (exact) mass is 442 g/mol. The van der Waals surface area contributed by atoms with E-state index < -0.39 is 0 Å². The van der Waals surface area contributed by atoms with E-state index in [4.69, 9.17) is 4.74 Å². The molecule has 6 heteroatoms. The number of piperidine rings is 1. The van der Waals surface area contributed by atoms with Crippen LogP contribution in [0.5, 0.6) is 5.75 Å². The first-order valence-electron chi connectivity index (χ1n) is 12.7. The number of carbonyl (C=O) groups is 1. The summed E-state index contributed by atoms with van der Waals surface area (Å²) in [6.45, 7) is 11.2.